The molecular formula is C24H23N3O6. The van der Waals surface area contributed by atoms with Crippen molar-refractivity contribution < 1.29 is 28.8 Å². The van der Waals surface area contributed by atoms with Crippen molar-refractivity contribution in [2.45, 2.75) is 31.7 Å². The molecule has 0 aliphatic heterocycles. The molecule has 1 heterocycles. The summed E-state index contributed by atoms with van der Waals surface area (Å²) in [4.78, 5) is 35.4. The van der Waals surface area contributed by atoms with Crippen LogP contribution in [0.1, 0.15) is 47.3 Å². The number of carbonyl (C=O) groups excluding carboxylic acids is 2. The summed E-state index contributed by atoms with van der Waals surface area (Å²) in [5, 5.41) is 17.5. The van der Waals surface area contributed by atoms with Gasteiger partial charge >= 0.3 is 12.1 Å². The highest BCUT2D eigenvalue weighted by Gasteiger charge is 2.29. The van der Waals surface area contributed by atoms with Crippen LogP contribution < -0.4 is 10.6 Å². The first-order valence-corrected chi connectivity index (χ1v) is 10.6. The maximum absolute atomic E-state index is 12.3. The van der Waals surface area contributed by atoms with Gasteiger partial charge in [0.15, 0.2) is 5.69 Å². The Morgan fingerprint density at radius 2 is 1.73 bits per heavy atom. The Balaban J connectivity index is 1.35. The number of anilines is 1. The van der Waals surface area contributed by atoms with Gasteiger partial charge in [0.1, 0.15) is 6.61 Å². The Labute approximate surface area is 189 Å². The first-order chi connectivity index (χ1) is 16.0. The number of benzene rings is 2. The Kier molecular flexibility index (Phi) is 6.39. The van der Waals surface area contributed by atoms with Gasteiger partial charge in [0.25, 0.3) is 5.91 Å². The summed E-state index contributed by atoms with van der Waals surface area (Å²) in [6, 6.07) is 16.7. The van der Waals surface area contributed by atoms with Crippen LogP contribution in [0.15, 0.2) is 59.1 Å². The van der Waals surface area contributed by atoms with Crippen LogP contribution in [-0.2, 0) is 9.53 Å². The van der Waals surface area contributed by atoms with Gasteiger partial charge in [-0.15, -0.1) is 0 Å². The minimum atomic E-state index is -1.01. The van der Waals surface area contributed by atoms with E-state index in [0.717, 1.165) is 22.3 Å². The van der Waals surface area contributed by atoms with Crippen LogP contribution in [0.2, 0.25) is 0 Å². The number of carboxylic acid groups (broad SMARTS) is 1. The average Bonchev–Trinajstić information content (AvgIpc) is 3.39. The van der Waals surface area contributed by atoms with Gasteiger partial charge in [-0.1, -0.05) is 60.6 Å². The fraction of sp³-hybridized carbons (Fsp3) is 0.250. The van der Waals surface area contributed by atoms with E-state index in [1.165, 1.54) is 6.07 Å². The molecule has 0 radical (unpaired) electrons. The normalized spacial score (nSPS) is 13.0. The molecule has 0 fully saturated rings. The zero-order valence-electron chi connectivity index (χ0n) is 17.9. The summed E-state index contributed by atoms with van der Waals surface area (Å²) < 4.78 is 10.4. The average molecular weight is 449 g/mol. The van der Waals surface area contributed by atoms with Gasteiger partial charge in [0.2, 0.25) is 5.88 Å². The highest BCUT2D eigenvalue weighted by Crippen LogP contribution is 2.44. The van der Waals surface area contributed by atoms with Crippen LogP contribution in [0.5, 0.6) is 0 Å². The van der Waals surface area contributed by atoms with Crippen LogP contribution in [0.4, 0.5) is 10.7 Å². The molecule has 3 aromatic rings. The number of ether oxygens (including phenoxy) is 1. The van der Waals surface area contributed by atoms with Gasteiger partial charge in [-0.05, 0) is 28.7 Å². The smallest absolute Gasteiger partial charge is 0.414 e. The number of carbonyl (C=O) groups is 3. The zero-order chi connectivity index (χ0) is 23.4. The fourth-order valence-corrected chi connectivity index (χ4v) is 3.94. The van der Waals surface area contributed by atoms with E-state index in [-0.39, 0.29) is 30.5 Å². The molecule has 0 saturated heterocycles. The minimum Gasteiger partial charge on any atom is -0.481 e. The standard InChI is InChI=1S/C24H23N3O6/c1-2-14(11-22(28)29)25-23(30)20-12-21(33-27-20)26-24(31)32-13-19-17-9-5-3-7-15(17)16-8-4-6-10-18(16)19/h3-10,12,14,19H,2,11,13H2,1H3,(H,25,30)(H,26,31)(H,28,29)/t14-/m0/s1. The summed E-state index contributed by atoms with van der Waals surface area (Å²) in [5.74, 6) is -1.74. The molecular weight excluding hydrogens is 426 g/mol. The Morgan fingerprint density at radius 3 is 2.33 bits per heavy atom. The van der Waals surface area contributed by atoms with Crippen molar-refractivity contribution in [3.63, 3.8) is 0 Å². The van der Waals surface area contributed by atoms with Crippen LogP contribution in [0.3, 0.4) is 0 Å². The number of fused-ring (bicyclic) bond motifs is 3. The lowest BCUT2D eigenvalue weighted by atomic mass is 9.98. The number of amides is 2. The molecule has 33 heavy (non-hydrogen) atoms. The fourth-order valence-electron chi connectivity index (χ4n) is 3.94. The number of nitrogens with one attached hydrogen (secondary N) is 2. The molecule has 4 rings (SSSR count). The quantitative estimate of drug-likeness (QED) is 0.473. The second-order valence-electron chi connectivity index (χ2n) is 7.70. The van der Waals surface area contributed by atoms with Gasteiger partial charge < -0.3 is 19.7 Å². The van der Waals surface area contributed by atoms with E-state index in [0.29, 0.717) is 6.42 Å². The van der Waals surface area contributed by atoms with Crippen molar-refractivity contribution in [2.24, 2.45) is 0 Å². The predicted molar refractivity (Wildman–Crippen MR) is 119 cm³/mol. The van der Waals surface area contributed by atoms with E-state index < -0.39 is 24.0 Å². The SMILES string of the molecule is CC[C@@H](CC(=O)O)NC(=O)c1cc(NC(=O)OCC2c3ccccc3-c3ccccc32)on1. The lowest BCUT2D eigenvalue weighted by Crippen LogP contribution is -2.36. The molecule has 9 nitrogen and oxygen atoms in total. The molecule has 2 aromatic carbocycles. The number of rotatable bonds is 8. The van der Waals surface area contributed by atoms with Crippen LogP contribution >= 0.6 is 0 Å². The van der Waals surface area contributed by atoms with E-state index in [1.54, 1.807) is 6.92 Å². The summed E-state index contributed by atoms with van der Waals surface area (Å²) in [6.45, 7) is 1.90. The Morgan fingerprint density at radius 1 is 1.09 bits per heavy atom. The number of hydrogen-bond donors (Lipinski definition) is 3. The second kappa shape index (κ2) is 9.56. The van der Waals surface area contributed by atoms with Crippen LogP contribution in [0.25, 0.3) is 11.1 Å². The number of aliphatic carboxylic acids is 1. The largest absolute Gasteiger partial charge is 0.481 e. The summed E-state index contributed by atoms with van der Waals surface area (Å²) in [5.41, 5.74) is 4.37. The molecule has 1 aliphatic carbocycles. The predicted octanol–water partition coefficient (Wildman–Crippen LogP) is 4.02. The number of nitrogens with zero attached hydrogens (tertiary/aromatic N) is 1. The second-order valence-corrected chi connectivity index (χ2v) is 7.70. The first-order valence-electron chi connectivity index (χ1n) is 10.6. The molecule has 1 atom stereocenters. The topological polar surface area (TPSA) is 131 Å². The van der Waals surface area contributed by atoms with Crippen molar-refractivity contribution in [3.8, 4) is 11.1 Å². The summed E-state index contributed by atoms with van der Waals surface area (Å²) in [6.07, 6.45) is -0.497. The van der Waals surface area contributed by atoms with Crippen molar-refractivity contribution >= 4 is 23.9 Å². The molecule has 1 aromatic heterocycles. The first kappa shape index (κ1) is 22.1. The molecule has 1 aliphatic rings. The highest BCUT2D eigenvalue weighted by atomic mass is 16.6. The number of carboxylic acids is 1. The van der Waals surface area contributed by atoms with Crippen molar-refractivity contribution in [1.29, 1.82) is 0 Å². The summed E-state index contributed by atoms with van der Waals surface area (Å²) in [7, 11) is 0. The lowest BCUT2D eigenvalue weighted by Gasteiger charge is -2.14. The third-order valence-corrected chi connectivity index (χ3v) is 5.56. The highest BCUT2D eigenvalue weighted by molar-refractivity contribution is 5.94. The Hall–Kier alpha value is -4.14. The zero-order valence-corrected chi connectivity index (χ0v) is 17.9. The molecule has 0 bridgehead atoms. The van der Waals surface area contributed by atoms with Gasteiger partial charge in [-0.25, -0.2) is 4.79 Å². The summed E-state index contributed by atoms with van der Waals surface area (Å²) >= 11 is 0. The van der Waals surface area contributed by atoms with E-state index in [4.69, 9.17) is 14.4 Å². The molecule has 3 N–H and O–H groups in total. The van der Waals surface area contributed by atoms with Gasteiger partial charge in [0, 0.05) is 18.0 Å². The van der Waals surface area contributed by atoms with Crippen LogP contribution in [0, 0.1) is 0 Å². The van der Waals surface area contributed by atoms with Gasteiger partial charge in [-0.3, -0.25) is 14.9 Å². The molecule has 2 amide bonds. The molecule has 0 unspecified atom stereocenters. The lowest BCUT2D eigenvalue weighted by molar-refractivity contribution is -0.137. The number of aromatic nitrogens is 1. The third-order valence-electron chi connectivity index (χ3n) is 5.56. The number of hydrogen-bond acceptors (Lipinski definition) is 6. The van der Waals surface area contributed by atoms with Gasteiger partial charge in [0.05, 0.1) is 6.42 Å². The van der Waals surface area contributed by atoms with E-state index in [9.17, 15) is 14.4 Å². The van der Waals surface area contributed by atoms with Crippen molar-refractivity contribution in [2.75, 3.05) is 11.9 Å². The van der Waals surface area contributed by atoms with E-state index >= 15 is 0 Å². The van der Waals surface area contributed by atoms with Crippen molar-refractivity contribution in [3.05, 3.63) is 71.4 Å². The Bertz CT molecular complexity index is 1140. The molecule has 170 valence electrons. The monoisotopic (exact) mass is 449 g/mol. The van der Waals surface area contributed by atoms with E-state index in [1.807, 2.05) is 36.4 Å². The maximum Gasteiger partial charge on any atom is 0.414 e. The maximum atomic E-state index is 12.3. The third kappa shape index (κ3) is 4.87. The van der Waals surface area contributed by atoms with Crippen LogP contribution in [-0.4, -0.2) is 40.9 Å². The molecule has 0 saturated carbocycles. The minimum absolute atomic E-state index is 0.0522. The molecule has 9 heteroatoms. The van der Waals surface area contributed by atoms with Gasteiger partial charge in [-0.2, -0.15) is 0 Å². The van der Waals surface area contributed by atoms with Crippen molar-refractivity contribution in [1.82, 2.24) is 10.5 Å². The molecule has 0 spiro atoms. The van der Waals surface area contributed by atoms with E-state index in [2.05, 4.69) is 27.9 Å².